The van der Waals surface area contributed by atoms with Crippen molar-refractivity contribution in [1.29, 1.82) is 0 Å². The van der Waals surface area contributed by atoms with Crippen molar-refractivity contribution in [3.8, 4) is 11.5 Å². The molecule has 2 heterocycles. The second-order valence-corrected chi connectivity index (χ2v) is 10.4. The number of hydrogen-bond donors (Lipinski definition) is 0. The highest BCUT2D eigenvalue weighted by molar-refractivity contribution is 9.10. The summed E-state index contributed by atoms with van der Waals surface area (Å²) in [5.74, 6) is 0.649. The monoisotopic (exact) mass is 601 g/mol. The highest BCUT2D eigenvalue weighted by atomic mass is 79.9. The Morgan fingerprint density at radius 2 is 1.77 bits per heavy atom. The number of anilines is 1. The highest BCUT2D eigenvalue weighted by Crippen LogP contribution is 2.43. The van der Waals surface area contributed by atoms with Gasteiger partial charge in [-0.25, -0.2) is 0 Å². The van der Waals surface area contributed by atoms with E-state index in [1.807, 2.05) is 54.6 Å². The molecule has 0 radical (unpaired) electrons. The maximum Gasteiger partial charge on any atom is 0.295 e. The summed E-state index contributed by atoms with van der Waals surface area (Å²) < 4.78 is 18.2. The number of carbonyl (C=O) groups excluding carboxylic acids is 1. The number of fused-ring (bicyclic) bond motifs is 2. The number of halogens is 2. The highest BCUT2D eigenvalue weighted by Gasteiger charge is 2.44. The molecule has 1 atom stereocenters. The molecule has 1 unspecified atom stereocenters. The van der Waals surface area contributed by atoms with Gasteiger partial charge in [0, 0.05) is 10.2 Å². The lowest BCUT2D eigenvalue weighted by Gasteiger charge is -2.26. The second kappa shape index (κ2) is 10.2. The van der Waals surface area contributed by atoms with E-state index in [0.717, 1.165) is 10.0 Å². The first kappa shape index (κ1) is 25.2. The number of nitrogens with zero attached hydrogens (tertiary/aromatic N) is 1. The molecule has 194 valence electrons. The Morgan fingerprint density at radius 3 is 2.54 bits per heavy atom. The van der Waals surface area contributed by atoms with Crippen LogP contribution in [0.15, 0.2) is 105 Å². The standard InChI is InChI=1S/C31H21BrClNO5/c1-37-26-13-11-21(16-24(26)33)34-28(19-8-5-9-22(14-19)38-17-18-6-3-2-4-7-18)27-29(35)23-15-20(32)10-12-25(23)39-30(27)31(34)36/h2-16,28H,17H2,1H3. The summed E-state index contributed by atoms with van der Waals surface area (Å²) in [5.41, 5.74) is 2.55. The Balaban J connectivity index is 1.50. The normalized spacial score (nSPS) is 14.5. The van der Waals surface area contributed by atoms with Crippen LogP contribution in [0, 0.1) is 0 Å². The summed E-state index contributed by atoms with van der Waals surface area (Å²) in [4.78, 5) is 29.3. The van der Waals surface area contributed by atoms with E-state index in [2.05, 4.69) is 15.9 Å². The molecule has 0 saturated carbocycles. The fraction of sp³-hybridized carbons (Fsp3) is 0.0968. The lowest BCUT2D eigenvalue weighted by atomic mass is 9.98. The van der Waals surface area contributed by atoms with Gasteiger partial charge in [0.05, 0.1) is 29.1 Å². The molecular weight excluding hydrogens is 582 g/mol. The predicted molar refractivity (Wildman–Crippen MR) is 154 cm³/mol. The first-order valence-corrected chi connectivity index (χ1v) is 13.3. The number of benzene rings is 4. The summed E-state index contributed by atoms with van der Waals surface area (Å²) in [7, 11) is 1.52. The molecule has 1 aliphatic rings. The van der Waals surface area contributed by atoms with Crippen molar-refractivity contribution in [2.24, 2.45) is 0 Å². The van der Waals surface area contributed by atoms with Crippen LogP contribution in [0.5, 0.6) is 11.5 Å². The molecule has 0 fully saturated rings. The molecule has 1 aliphatic heterocycles. The van der Waals surface area contributed by atoms with Crippen LogP contribution >= 0.6 is 27.5 Å². The Labute approximate surface area is 237 Å². The van der Waals surface area contributed by atoms with Crippen molar-refractivity contribution in [2.75, 3.05) is 12.0 Å². The molecule has 0 aliphatic carbocycles. The van der Waals surface area contributed by atoms with Crippen molar-refractivity contribution in [3.05, 3.63) is 133 Å². The van der Waals surface area contributed by atoms with Crippen LogP contribution in [-0.2, 0) is 6.61 Å². The van der Waals surface area contributed by atoms with Crippen LogP contribution in [0.1, 0.15) is 33.3 Å². The Morgan fingerprint density at radius 1 is 0.949 bits per heavy atom. The van der Waals surface area contributed by atoms with Crippen LogP contribution in [0.3, 0.4) is 0 Å². The topological polar surface area (TPSA) is 69.0 Å². The van der Waals surface area contributed by atoms with Crippen LogP contribution in [-0.4, -0.2) is 13.0 Å². The summed E-state index contributed by atoms with van der Waals surface area (Å²) in [6.45, 7) is 0.378. The minimum absolute atomic E-state index is 0.00219. The maximum absolute atomic E-state index is 13.9. The lowest BCUT2D eigenvalue weighted by molar-refractivity contribution is 0.0971. The van der Waals surface area contributed by atoms with Gasteiger partial charge in [0.25, 0.3) is 5.91 Å². The van der Waals surface area contributed by atoms with Gasteiger partial charge in [0.1, 0.15) is 23.7 Å². The van der Waals surface area contributed by atoms with Crippen molar-refractivity contribution < 1.29 is 18.7 Å². The molecule has 0 spiro atoms. The van der Waals surface area contributed by atoms with E-state index in [4.69, 9.17) is 25.5 Å². The first-order valence-electron chi connectivity index (χ1n) is 12.1. The smallest absolute Gasteiger partial charge is 0.295 e. The molecule has 1 amide bonds. The fourth-order valence-electron chi connectivity index (χ4n) is 4.85. The number of methoxy groups -OCH3 is 1. The van der Waals surface area contributed by atoms with E-state index in [1.54, 1.807) is 36.4 Å². The zero-order valence-corrected chi connectivity index (χ0v) is 23.0. The van der Waals surface area contributed by atoms with Gasteiger partial charge in [-0.1, -0.05) is 70.0 Å². The van der Waals surface area contributed by atoms with Crippen molar-refractivity contribution in [3.63, 3.8) is 0 Å². The lowest BCUT2D eigenvalue weighted by Crippen LogP contribution is -2.29. The average Bonchev–Trinajstić information content (AvgIpc) is 3.25. The second-order valence-electron chi connectivity index (χ2n) is 9.06. The summed E-state index contributed by atoms with van der Waals surface area (Å²) in [6.07, 6.45) is 0. The molecule has 6 nitrogen and oxygen atoms in total. The van der Waals surface area contributed by atoms with Gasteiger partial charge in [-0.05, 0) is 59.7 Å². The van der Waals surface area contributed by atoms with Gasteiger partial charge in [-0.15, -0.1) is 0 Å². The third kappa shape index (κ3) is 4.58. The van der Waals surface area contributed by atoms with Crippen molar-refractivity contribution in [1.82, 2.24) is 0 Å². The van der Waals surface area contributed by atoms with Crippen molar-refractivity contribution in [2.45, 2.75) is 12.6 Å². The molecular formula is C31H21BrClNO5. The molecule has 1 aromatic heterocycles. The molecule has 8 heteroatoms. The number of ether oxygens (including phenoxy) is 2. The zero-order chi connectivity index (χ0) is 27.1. The van der Waals surface area contributed by atoms with Gasteiger partial charge in [0.2, 0.25) is 5.76 Å². The summed E-state index contributed by atoms with van der Waals surface area (Å²) in [6, 6.07) is 26.7. The molecule has 6 rings (SSSR count). The SMILES string of the molecule is COc1ccc(N2C(=O)c3oc4ccc(Br)cc4c(=O)c3C2c2cccc(OCc3ccccc3)c2)cc1Cl. The largest absolute Gasteiger partial charge is 0.495 e. The van der Waals surface area contributed by atoms with Gasteiger partial charge in [-0.2, -0.15) is 0 Å². The quantitative estimate of drug-likeness (QED) is 0.201. The zero-order valence-electron chi connectivity index (χ0n) is 20.7. The molecule has 0 bridgehead atoms. The number of rotatable bonds is 6. The number of hydrogen-bond acceptors (Lipinski definition) is 5. The van der Waals surface area contributed by atoms with E-state index in [-0.39, 0.29) is 16.8 Å². The van der Waals surface area contributed by atoms with Crippen molar-refractivity contribution >= 4 is 50.1 Å². The van der Waals surface area contributed by atoms with E-state index in [1.165, 1.54) is 12.0 Å². The number of amides is 1. The van der Waals surface area contributed by atoms with Gasteiger partial charge in [0.15, 0.2) is 5.43 Å². The average molecular weight is 603 g/mol. The predicted octanol–water partition coefficient (Wildman–Crippen LogP) is 7.55. The Bertz CT molecular complexity index is 1790. The number of carbonyl (C=O) groups is 1. The van der Waals surface area contributed by atoms with Gasteiger partial charge < -0.3 is 13.9 Å². The van der Waals surface area contributed by atoms with Crippen LogP contribution in [0.4, 0.5) is 5.69 Å². The molecule has 4 aromatic carbocycles. The molecule has 39 heavy (non-hydrogen) atoms. The van der Waals surface area contributed by atoms with E-state index in [0.29, 0.717) is 45.3 Å². The Kier molecular flexibility index (Phi) is 6.62. The van der Waals surface area contributed by atoms with E-state index < -0.39 is 11.9 Å². The van der Waals surface area contributed by atoms with Crippen LogP contribution < -0.4 is 19.8 Å². The minimum Gasteiger partial charge on any atom is -0.495 e. The molecule has 0 N–H and O–H groups in total. The fourth-order valence-corrected chi connectivity index (χ4v) is 5.46. The maximum atomic E-state index is 13.9. The Hall–Kier alpha value is -4.07. The third-order valence-electron chi connectivity index (χ3n) is 6.67. The van der Waals surface area contributed by atoms with Gasteiger partial charge >= 0.3 is 0 Å². The summed E-state index contributed by atoms with van der Waals surface area (Å²) in [5, 5.41) is 0.720. The van der Waals surface area contributed by atoms with Crippen LogP contribution in [0.2, 0.25) is 5.02 Å². The minimum atomic E-state index is -0.767. The summed E-state index contributed by atoms with van der Waals surface area (Å²) >= 11 is 9.88. The third-order valence-corrected chi connectivity index (χ3v) is 7.46. The van der Waals surface area contributed by atoms with E-state index >= 15 is 0 Å². The van der Waals surface area contributed by atoms with Gasteiger partial charge in [-0.3, -0.25) is 14.5 Å². The van der Waals surface area contributed by atoms with E-state index in [9.17, 15) is 9.59 Å². The molecule has 5 aromatic rings. The van der Waals surface area contributed by atoms with Crippen LogP contribution in [0.25, 0.3) is 11.0 Å². The molecule has 0 saturated heterocycles. The first-order chi connectivity index (χ1) is 18.9.